The SMILES string of the molecule is C=C(C)[C@@]12CCCN1C[C@]1(C(=C)C)CCCN1C2. The fraction of sp³-hybridized carbons (Fsp3) is 0.750. The summed E-state index contributed by atoms with van der Waals surface area (Å²) in [7, 11) is 0. The molecule has 3 rings (SSSR count). The van der Waals surface area contributed by atoms with Crippen LogP contribution in [0.15, 0.2) is 24.3 Å². The highest BCUT2D eigenvalue weighted by Crippen LogP contribution is 2.47. The summed E-state index contributed by atoms with van der Waals surface area (Å²) < 4.78 is 0. The second kappa shape index (κ2) is 3.94. The maximum atomic E-state index is 4.30. The predicted octanol–water partition coefficient (Wildman–Crippen LogP) is 2.82. The van der Waals surface area contributed by atoms with Crippen LogP contribution in [-0.2, 0) is 0 Å². The molecule has 100 valence electrons. The van der Waals surface area contributed by atoms with Crippen molar-refractivity contribution >= 4 is 0 Å². The Labute approximate surface area is 111 Å². The smallest absolute Gasteiger partial charge is 0.0544 e. The molecule has 3 saturated heterocycles. The lowest BCUT2D eigenvalue weighted by atomic mass is 9.79. The van der Waals surface area contributed by atoms with Gasteiger partial charge in [-0.25, -0.2) is 0 Å². The third kappa shape index (κ3) is 1.42. The molecule has 0 radical (unpaired) electrons. The van der Waals surface area contributed by atoms with Crippen molar-refractivity contribution in [3.63, 3.8) is 0 Å². The van der Waals surface area contributed by atoms with Gasteiger partial charge in [-0.2, -0.15) is 0 Å². The Balaban J connectivity index is 1.98. The van der Waals surface area contributed by atoms with Gasteiger partial charge in [-0.05, 0) is 52.6 Å². The lowest BCUT2D eigenvalue weighted by molar-refractivity contribution is -0.00959. The second-order valence-electron chi connectivity index (χ2n) is 6.67. The van der Waals surface area contributed by atoms with E-state index < -0.39 is 0 Å². The summed E-state index contributed by atoms with van der Waals surface area (Å²) in [6.07, 6.45) is 5.25. The van der Waals surface area contributed by atoms with Crippen molar-refractivity contribution in [1.82, 2.24) is 9.80 Å². The lowest BCUT2D eigenvalue weighted by Gasteiger charge is -2.55. The maximum absolute atomic E-state index is 4.30. The standard InChI is InChI=1S/C16H26N2/c1-13(2)15-7-5-9-17(15)12-16(14(3)4)8-6-10-18(16)11-15/h1,3,5-12H2,2,4H3/t15-,16-/m0/s1. The zero-order valence-electron chi connectivity index (χ0n) is 12.0. The molecular weight excluding hydrogens is 220 g/mol. The van der Waals surface area contributed by atoms with Crippen molar-refractivity contribution in [2.45, 2.75) is 50.6 Å². The summed E-state index contributed by atoms with van der Waals surface area (Å²) in [5, 5.41) is 0. The van der Waals surface area contributed by atoms with E-state index >= 15 is 0 Å². The van der Waals surface area contributed by atoms with Gasteiger partial charge in [0.05, 0.1) is 11.1 Å². The Morgan fingerprint density at radius 3 is 1.56 bits per heavy atom. The molecule has 0 aliphatic carbocycles. The summed E-state index contributed by atoms with van der Waals surface area (Å²) in [5.74, 6) is 0. The molecule has 0 unspecified atom stereocenters. The average Bonchev–Trinajstić information content (AvgIpc) is 2.88. The van der Waals surface area contributed by atoms with Crippen molar-refractivity contribution in [1.29, 1.82) is 0 Å². The summed E-state index contributed by atoms with van der Waals surface area (Å²) in [4.78, 5) is 5.43. The molecule has 0 amide bonds. The molecule has 0 aromatic carbocycles. The number of piperazine rings is 1. The number of rotatable bonds is 2. The molecule has 2 nitrogen and oxygen atoms in total. The molecule has 2 heteroatoms. The van der Waals surface area contributed by atoms with Gasteiger partial charge in [0.2, 0.25) is 0 Å². The van der Waals surface area contributed by atoms with E-state index in [1.165, 1.54) is 63.0 Å². The van der Waals surface area contributed by atoms with Gasteiger partial charge in [-0.1, -0.05) is 24.3 Å². The number of fused-ring (bicyclic) bond motifs is 2. The number of nitrogens with zero attached hydrogens (tertiary/aromatic N) is 2. The topological polar surface area (TPSA) is 6.48 Å². The quantitative estimate of drug-likeness (QED) is 0.691. The minimum Gasteiger partial charge on any atom is -0.291 e. The van der Waals surface area contributed by atoms with Gasteiger partial charge < -0.3 is 0 Å². The Morgan fingerprint density at radius 2 is 1.22 bits per heavy atom. The fourth-order valence-electron chi connectivity index (χ4n) is 4.56. The zero-order valence-corrected chi connectivity index (χ0v) is 12.0. The highest BCUT2D eigenvalue weighted by atomic mass is 15.4. The normalized spacial score (nSPS) is 40.6. The van der Waals surface area contributed by atoms with E-state index in [0.29, 0.717) is 0 Å². The van der Waals surface area contributed by atoms with E-state index in [4.69, 9.17) is 0 Å². The van der Waals surface area contributed by atoms with Crippen LogP contribution in [0, 0.1) is 0 Å². The first kappa shape index (κ1) is 12.4. The highest BCUT2D eigenvalue weighted by Gasteiger charge is 2.55. The minimum absolute atomic E-state index is 0.267. The van der Waals surface area contributed by atoms with Crippen LogP contribution in [0.2, 0.25) is 0 Å². The molecule has 0 saturated carbocycles. The van der Waals surface area contributed by atoms with Crippen LogP contribution < -0.4 is 0 Å². The first-order chi connectivity index (χ1) is 8.51. The van der Waals surface area contributed by atoms with Gasteiger partial charge in [0.25, 0.3) is 0 Å². The summed E-state index contributed by atoms with van der Waals surface area (Å²) in [6, 6.07) is 0. The van der Waals surface area contributed by atoms with Crippen molar-refractivity contribution in [2.75, 3.05) is 26.2 Å². The predicted molar refractivity (Wildman–Crippen MR) is 76.7 cm³/mol. The maximum Gasteiger partial charge on any atom is 0.0544 e. The summed E-state index contributed by atoms with van der Waals surface area (Å²) >= 11 is 0. The van der Waals surface area contributed by atoms with Gasteiger partial charge in [0.1, 0.15) is 0 Å². The third-order valence-electron chi connectivity index (χ3n) is 5.74. The molecule has 0 bridgehead atoms. The molecular formula is C16H26N2. The fourth-order valence-corrected chi connectivity index (χ4v) is 4.56. The molecule has 0 N–H and O–H groups in total. The van der Waals surface area contributed by atoms with Crippen LogP contribution in [0.1, 0.15) is 39.5 Å². The van der Waals surface area contributed by atoms with E-state index in [-0.39, 0.29) is 11.1 Å². The Bertz CT molecular complexity index is 362. The number of hydrogen-bond acceptors (Lipinski definition) is 2. The molecule has 3 fully saturated rings. The van der Waals surface area contributed by atoms with Gasteiger partial charge >= 0.3 is 0 Å². The van der Waals surface area contributed by atoms with Gasteiger partial charge in [-0.15, -0.1) is 0 Å². The Hall–Kier alpha value is -0.600. The van der Waals surface area contributed by atoms with Crippen LogP contribution in [0.3, 0.4) is 0 Å². The van der Waals surface area contributed by atoms with Crippen molar-refractivity contribution in [3.05, 3.63) is 24.3 Å². The lowest BCUT2D eigenvalue weighted by Crippen LogP contribution is -2.67. The van der Waals surface area contributed by atoms with E-state index in [2.05, 4.69) is 36.8 Å². The van der Waals surface area contributed by atoms with Gasteiger partial charge in [-0.3, -0.25) is 9.80 Å². The molecule has 0 aromatic heterocycles. The van der Waals surface area contributed by atoms with E-state index in [1.54, 1.807) is 0 Å². The average molecular weight is 246 g/mol. The summed E-state index contributed by atoms with van der Waals surface area (Å²) in [5.41, 5.74) is 3.26. The van der Waals surface area contributed by atoms with Gasteiger partial charge in [0.15, 0.2) is 0 Å². The molecule has 3 heterocycles. The summed E-state index contributed by atoms with van der Waals surface area (Å²) in [6.45, 7) is 17.9. The molecule has 3 aliphatic heterocycles. The van der Waals surface area contributed by atoms with Crippen LogP contribution >= 0.6 is 0 Å². The molecule has 0 spiro atoms. The van der Waals surface area contributed by atoms with Crippen LogP contribution in [0.5, 0.6) is 0 Å². The third-order valence-corrected chi connectivity index (χ3v) is 5.74. The monoisotopic (exact) mass is 246 g/mol. The van der Waals surface area contributed by atoms with Crippen molar-refractivity contribution in [3.8, 4) is 0 Å². The van der Waals surface area contributed by atoms with Crippen molar-refractivity contribution < 1.29 is 0 Å². The first-order valence-electron chi connectivity index (χ1n) is 7.33. The minimum atomic E-state index is 0.267. The second-order valence-corrected chi connectivity index (χ2v) is 6.67. The Morgan fingerprint density at radius 1 is 0.833 bits per heavy atom. The Kier molecular flexibility index (Phi) is 2.73. The molecule has 3 aliphatic rings. The van der Waals surface area contributed by atoms with Crippen LogP contribution in [0.4, 0.5) is 0 Å². The van der Waals surface area contributed by atoms with E-state index in [1.807, 2.05) is 0 Å². The highest BCUT2D eigenvalue weighted by molar-refractivity contribution is 5.29. The number of hydrogen-bond donors (Lipinski definition) is 0. The first-order valence-corrected chi connectivity index (χ1v) is 7.33. The largest absolute Gasteiger partial charge is 0.291 e. The van der Waals surface area contributed by atoms with E-state index in [9.17, 15) is 0 Å². The molecule has 2 atom stereocenters. The van der Waals surface area contributed by atoms with Crippen LogP contribution in [-0.4, -0.2) is 47.1 Å². The molecule has 0 aromatic rings. The van der Waals surface area contributed by atoms with Crippen molar-refractivity contribution in [2.24, 2.45) is 0 Å². The zero-order chi connectivity index (χ0) is 13.0. The van der Waals surface area contributed by atoms with E-state index in [0.717, 1.165) is 0 Å². The molecule has 18 heavy (non-hydrogen) atoms. The van der Waals surface area contributed by atoms with Crippen LogP contribution in [0.25, 0.3) is 0 Å². The van der Waals surface area contributed by atoms with Gasteiger partial charge in [0, 0.05) is 13.1 Å².